The molecule has 0 unspecified atom stereocenters. The fourth-order valence-corrected chi connectivity index (χ4v) is 3.55. The van der Waals surface area contributed by atoms with Crippen LogP contribution in [0.1, 0.15) is 22.8 Å². The lowest BCUT2D eigenvalue weighted by Gasteiger charge is -2.41. The summed E-state index contributed by atoms with van der Waals surface area (Å²) in [6.45, 7) is 6.57. The first-order valence-corrected chi connectivity index (χ1v) is 9.06. The van der Waals surface area contributed by atoms with Crippen molar-refractivity contribution < 1.29 is 4.79 Å². The fraction of sp³-hybridized carbons (Fsp3) is 0.300. The van der Waals surface area contributed by atoms with Crippen molar-refractivity contribution in [3.05, 3.63) is 66.4 Å². The van der Waals surface area contributed by atoms with Gasteiger partial charge in [0.25, 0.3) is 5.91 Å². The van der Waals surface area contributed by atoms with Crippen LogP contribution < -0.4 is 4.90 Å². The van der Waals surface area contributed by atoms with Gasteiger partial charge in [0.05, 0.1) is 5.56 Å². The van der Waals surface area contributed by atoms with E-state index in [2.05, 4.69) is 58.2 Å². The van der Waals surface area contributed by atoms with Crippen molar-refractivity contribution >= 4 is 11.6 Å². The third-order valence-electron chi connectivity index (χ3n) is 5.02. The molecule has 1 aliphatic rings. The Hall–Kier alpha value is -3.22. The number of hydrogen-bond donors (Lipinski definition) is 0. The molecule has 27 heavy (non-hydrogen) atoms. The molecule has 1 aromatic carbocycles. The van der Waals surface area contributed by atoms with Gasteiger partial charge in [-0.2, -0.15) is 0 Å². The van der Waals surface area contributed by atoms with Gasteiger partial charge in [0.2, 0.25) is 0 Å². The van der Waals surface area contributed by atoms with Crippen LogP contribution in [-0.2, 0) is 0 Å². The molecule has 4 rings (SSSR count). The molecule has 1 amide bonds. The van der Waals surface area contributed by atoms with Gasteiger partial charge in [-0.25, -0.2) is 4.98 Å². The zero-order chi connectivity index (χ0) is 18.8. The van der Waals surface area contributed by atoms with Crippen LogP contribution in [0.3, 0.4) is 0 Å². The van der Waals surface area contributed by atoms with E-state index in [-0.39, 0.29) is 11.9 Å². The maximum Gasteiger partial charge on any atom is 0.255 e. The number of para-hydroxylation sites is 1. The number of benzene rings is 1. The van der Waals surface area contributed by atoms with Gasteiger partial charge in [0.1, 0.15) is 18.5 Å². The van der Waals surface area contributed by atoms with Crippen LogP contribution >= 0.6 is 0 Å². The number of aryl methyl sites for hydroxylation is 1. The number of carbonyl (C=O) groups excluding carboxylic acids is 1. The highest BCUT2D eigenvalue weighted by atomic mass is 16.2. The van der Waals surface area contributed by atoms with Gasteiger partial charge in [-0.05, 0) is 37.6 Å². The third-order valence-corrected chi connectivity index (χ3v) is 5.02. The van der Waals surface area contributed by atoms with Crippen molar-refractivity contribution in [2.75, 3.05) is 24.5 Å². The van der Waals surface area contributed by atoms with E-state index in [9.17, 15) is 4.79 Å². The van der Waals surface area contributed by atoms with Crippen molar-refractivity contribution in [2.24, 2.45) is 0 Å². The number of carbonyl (C=O) groups is 1. The van der Waals surface area contributed by atoms with E-state index in [0.29, 0.717) is 17.9 Å². The first-order valence-electron chi connectivity index (χ1n) is 9.06. The highest BCUT2D eigenvalue weighted by Crippen LogP contribution is 2.23. The lowest BCUT2D eigenvalue weighted by atomic mass is 10.1. The minimum atomic E-state index is 0.0229. The highest BCUT2D eigenvalue weighted by Gasteiger charge is 2.28. The van der Waals surface area contributed by atoms with Crippen molar-refractivity contribution in [1.29, 1.82) is 0 Å². The number of aromatic nitrogens is 4. The summed E-state index contributed by atoms with van der Waals surface area (Å²) < 4.78 is 1.71. The van der Waals surface area contributed by atoms with Crippen LogP contribution in [0.25, 0.3) is 5.82 Å². The molecule has 0 aliphatic carbocycles. The quantitative estimate of drug-likeness (QED) is 0.715. The number of amides is 1. The molecule has 0 spiro atoms. The van der Waals surface area contributed by atoms with Gasteiger partial charge in [-0.15, -0.1) is 10.2 Å². The summed E-state index contributed by atoms with van der Waals surface area (Å²) in [5.74, 6) is 0.712. The molecule has 1 fully saturated rings. The Labute approximate surface area is 158 Å². The van der Waals surface area contributed by atoms with Gasteiger partial charge < -0.3 is 9.80 Å². The van der Waals surface area contributed by atoms with Crippen LogP contribution in [-0.4, -0.2) is 56.2 Å². The van der Waals surface area contributed by atoms with E-state index in [4.69, 9.17) is 0 Å². The van der Waals surface area contributed by atoms with Crippen molar-refractivity contribution in [1.82, 2.24) is 24.6 Å². The molecule has 7 heteroatoms. The summed E-state index contributed by atoms with van der Waals surface area (Å²) in [6, 6.07) is 12.1. The summed E-state index contributed by atoms with van der Waals surface area (Å²) in [5, 5.41) is 7.54. The maximum atomic E-state index is 13.0. The molecule has 138 valence electrons. The first-order chi connectivity index (χ1) is 13.1. The highest BCUT2D eigenvalue weighted by molar-refractivity contribution is 5.94. The number of hydrogen-bond acceptors (Lipinski definition) is 5. The molecule has 1 aliphatic heterocycles. The van der Waals surface area contributed by atoms with Gasteiger partial charge in [-0.3, -0.25) is 9.36 Å². The van der Waals surface area contributed by atoms with Gasteiger partial charge in [-0.1, -0.05) is 18.2 Å². The van der Waals surface area contributed by atoms with Crippen LogP contribution in [0, 0.1) is 6.92 Å². The summed E-state index contributed by atoms with van der Waals surface area (Å²) in [6.07, 6.45) is 4.78. The fourth-order valence-electron chi connectivity index (χ4n) is 3.55. The topological polar surface area (TPSA) is 67.2 Å². The minimum absolute atomic E-state index is 0.0229. The zero-order valence-electron chi connectivity index (χ0n) is 15.5. The predicted molar refractivity (Wildman–Crippen MR) is 103 cm³/mol. The average molecular weight is 362 g/mol. The largest absolute Gasteiger partial charge is 0.367 e. The predicted octanol–water partition coefficient (Wildman–Crippen LogP) is 2.32. The normalized spacial score (nSPS) is 17.2. The second kappa shape index (κ2) is 7.19. The van der Waals surface area contributed by atoms with Gasteiger partial charge in [0, 0.05) is 37.6 Å². The average Bonchev–Trinajstić information content (AvgIpc) is 3.23. The SMILES string of the molecule is Cc1ccccc1N1CCN(C(=O)c2ccc(-n3cnnc3)nc2)[C@@H](C)C1. The molecule has 0 saturated carbocycles. The van der Waals surface area contributed by atoms with Crippen molar-refractivity contribution in [3.8, 4) is 5.82 Å². The van der Waals surface area contributed by atoms with Crippen LogP contribution in [0.4, 0.5) is 5.69 Å². The summed E-state index contributed by atoms with van der Waals surface area (Å²) in [5.41, 5.74) is 3.11. The first kappa shape index (κ1) is 17.2. The molecule has 2 aromatic heterocycles. The lowest BCUT2D eigenvalue weighted by Crippen LogP contribution is -2.54. The van der Waals surface area contributed by atoms with Crippen LogP contribution in [0.5, 0.6) is 0 Å². The smallest absolute Gasteiger partial charge is 0.255 e. The van der Waals surface area contributed by atoms with E-state index in [1.807, 2.05) is 17.0 Å². The Kier molecular flexibility index (Phi) is 4.58. The van der Waals surface area contributed by atoms with E-state index in [1.54, 1.807) is 23.4 Å². The Bertz CT molecular complexity index is 922. The second-order valence-electron chi connectivity index (χ2n) is 6.85. The molecular formula is C20H22N6O. The third kappa shape index (κ3) is 3.40. The molecule has 3 heterocycles. The van der Waals surface area contributed by atoms with Crippen molar-refractivity contribution in [2.45, 2.75) is 19.9 Å². The molecule has 0 N–H and O–H groups in total. The van der Waals surface area contributed by atoms with Crippen molar-refractivity contribution in [3.63, 3.8) is 0 Å². The van der Waals surface area contributed by atoms with E-state index < -0.39 is 0 Å². The van der Waals surface area contributed by atoms with E-state index in [0.717, 1.165) is 13.1 Å². The number of nitrogens with zero attached hydrogens (tertiary/aromatic N) is 6. The van der Waals surface area contributed by atoms with Crippen LogP contribution in [0.2, 0.25) is 0 Å². The number of anilines is 1. The van der Waals surface area contributed by atoms with Gasteiger partial charge >= 0.3 is 0 Å². The number of pyridine rings is 1. The standard InChI is InChI=1S/C20H22N6O/c1-15-5-3-4-6-18(15)24-9-10-26(16(2)12-24)20(27)17-7-8-19(21-11-17)25-13-22-23-14-25/h3-8,11,13-14,16H,9-10,12H2,1-2H3/t16-/m0/s1. The van der Waals surface area contributed by atoms with Crippen LogP contribution in [0.15, 0.2) is 55.2 Å². The summed E-state index contributed by atoms with van der Waals surface area (Å²) in [4.78, 5) is 21.6. The maximum absolute atomic E-state index is 13.0. The summed E-state index contributed by atoms with van der Waals surface area (Å²) >= 11 is 0. The van der Waals surface area contributed by atoms with Gasteiger partial charge in [0.15, 0.2) is 0 Å². The molecular weight excluding hydrogens is 340 g/mol. The Morgan fingerprint density at radius 3 is 2.52 bits per heavy atom. The molecule has 3 aromatic rings. The second-order valence-corrected chi connectivity index (χ2v) is 6.85. The molecule has 0 radical (unpaired) electrons. The Balaban J connectivity index is 1.46. The molecule has 1 saturated heterocycles. The summed E-state index contributed by atoms with van der Waals surface area (Å²) in [7, 11) is 0. The molecule has 0 bridgehead atoms. The Morgan fingerprint density at radius 2 is 1.85 bits per heavy atom. The molecule has 1 atom stereocenters. The monoisotopic (exact) mass is 362 g/mol. The van der Waals surface area contributed by atoms with E-state index >= 15 is 0 Å². The van der Waals surface area contributed by atoms with E-state index in [1.165, 1.54) is 11.3 Å². The lowest BCUT2D eigenvalue weighted by molar-refractivity contribution is 0.0673. The Morgan fingerprint density at radius 1 is 1.07 bits per heavy atom. The molecule has 7 nitrogen and oxygen atoms in total. The minimum Gasteiger partial charge on any atom is -0.367 e. The number of rotatable bonds is 3. The zero-order valence-corrected chi connectivity index (χ0v) is 15.5. The number of piperazine rings is 1.